The molecule has 4 bridgehead atoms. The molecule has 0 spiro atoms. The molecule has 4 fully saturated rings. The Kier molecular flexibility index (Phi) is 8.72. The van der Waals surface area contributed by atoms with E-state index in [0.717, 1.165) is 36.8 Å². The molecule has 4 aliphatic rings. The first-order valence-electron chi connectivity index (χ1n) is 11.8. The van der Waals surface area contributed by atoms with Gasteiger partial charge in [-0.1, -0.05) is 26.2 Å². The summed E-state index contributed by atoms with van der Waals surface area (Å²) >= 11 is 0. The van der Waals surface area contributed by atoms with Gasteiger partial charge in [-0.15, -0.1) is 0 Å². The molecule has 5 rings (SSSR count). The molecule has 170 valence electrons. The molecule has 0 aromatic carbocycles. The summed E-state index contributed by atoms with van der Waals surface area (Å²) in [7, 11) is -3.92. The van der Waals surface area contributed by atoms with E-state index >= 15 is 0 Å². The molecule has 5 nitrogen and oxygen atoms in total. The number of rotatable bonds is 9. The number of ether oxygens (including phenoxy) is 1. The lowest BCUT2D eigenvalue weighted by Crippen LogP contribution is -2.50. The van der Waals surface area contributed by atoms with Crippen LogP contribution in [0.1, 0.15) is 70.3 Å². The van der Waals surface area contributed by atoms with Crippen LogP contribution in [0.15, 0.2) is 24.5 Å². The van der Waals surface area contributed by atoms with E-state index < -0.39 is 10.1 Å². The topological polar surface area (TPSA) is 70.3 Å². The minimum absolute atomic E-state index is 0.575. The van der Waals surface area contributed by atoms with Gasteiger partial charge in [0.15, 0.2) is 18.9 Å². The lowest BCUT2D eigenvalue weighted by atomic mass is 9.55. The van der Waals surface area contributed by atoms with Crippen LogP contribution < -0.4 is 4.57 Å². The van der Waals surface area contributed by atoms with Gasteiger partial charge in [0, 0.05) is 17.9 Å². The predicted octanol–water partition coefficient (Wildman–Crippen LogP) is 4.10. The van der Waals surface area contributed by atoms with Crippen molar-refractivity contribution in [1.29, 1.82) is 0 Å². The summed E-state index contributed by atoms with van der Waals surface area (Å²) in [4.78, 5) is 0. The van der Waals surface area contributed by atoms with Gasteiger partial charge in [-0.3, -0.25) is 0 Å². The van der Waals surface area contributed by atoms with Crippen molar-refractivity contribution < 1.29 is 22.3 Å². The van der Waals surface area contributed by atoms with Crippen LogP contribution in [0.5, 0.6) is 0 Å². The van der Waals surface area contributed by atoms with Gasteiger partial charge in [-0.05, 0) is 74.7 Å². The molecule has 6 heteroatoms. The highest BCUT2D eigenvalue weighted by atomic mass is 32.2. The minimum atomic E-state index is -3.92. The largest absolute Gasteiger partial charge is 0.748 e. The average molecular weight is 438 g/mol. The third-order valence-corrected chi connectivity index (χ3v) is 7.04. The number of nitrogens with zero attached hydrogens (tertiary/aromatic N) is 1. The molecule has 1 aromatic heterocycles. The van der Waals surface area contributed by atoms with Crippen molar-refractivity contribution in [3.63, 3.8) is 0 Å². The van der Waals surface area contributed by atoms with Crippen molar-refractivity contribution in [3.8, 4) is 0 Å². The maximum Gasteiger partial charge on any atom is 0.172 e. The highest BCUT2D eigenvalue weighted by molar-refractivity contribution is 7.84. The average Bonchev–Trinajstić information content (AvgIpc) is 2.66. The molecule has 1 heterocycles. The summed E-state index contributed by atoms with van der Waals surface area (Å²) in [6.07, 6.45) is 19.7. The second-order valence-corrected chi connectivity index (χ2v) is 11.1. The van der Waals surface area contributed by atoms with Crippen molar-refractivity contribution in [2.45, 2.75) is 83.8 Å². The summed E-state index contributed by atoms with van der Waals surface area (Å²) in [5.74, 6) is 3.85. The van der Waals surface area contributed by atoms with E-state index in [-0.39, 0.29) is 0 Å². The lowest BCUT2D eigenvalue weighted by Gasteiger charge is -2.53. The second kappa shape index (κ2) is 11.1. The zero-order chi connectivity index (χ0) is 21.6. The standard InChI is InChI=1S/C23H36NO.CH4O3S/c1-2-3-4-5-7-18-8-6-9-24(17-18)10-11-25-23-21-13-19-12-20(15-21)16-22(23)14-19;1-5(2,3)4/h6,8-9,17,19-23H,2-5,7,10-16H2,1H3;1H3,(H,2,3,4)/q+1;/p-1. The lowest BCUT2D eigenvalue weighted by molar-refractivity contribution is -0.699. The fraction of sp³-hybridized carbons (Fsp3) is 0.792. The summed E-state index contributed by atoms with van der Waals surface area (Å²) in [5.41, 5.74) is 1.48. The third-order valence-electron chi connectivity index (χ3n) is 7.04. The quantitative estimate of drug-likeness (QED) is 0.331. The number of pyridine rings is 1. The van der Waals surface area contributed by atoms with Gasteiger partial charge in [-0.25, -0.2) is 13.0 Å². The molecule has 0 N–H and O–H groups in total. The number of hydrogen-bond donors (Lipinski definition) is 0. The van der Waals surface area contributed by atoms with Crippen LogP contribution in [0.25, 0.3) is 0 Å². The van der Waals surface area contributed by atoms with E-state index in [1.807, 2.05) is 0 Å². The van der Waals surface area contributed by atoms with E-state index in [2.05, 4.69) is 36.0 Å². The van der Waals surface area contributed by atoms with E-state index in [4.69, 9.17) is 17.7 Å². The normalized spacial score (nSPS) is 29.5. The molecule has 30 heavy (non-hydrogen) atoms. The van der Waals surface area contributed by atoms with Crippen molar-refractivity contribution >= 4 is 10.1 Å². The number of hydrogen-bond acceptors (Lipinski definition) is 4. The van der Waals surface area contributed by atoms with E-state index in [0.29, 0.717) is 12.4 Å². The fourth-order valence-electron chi connectivity index (χ4n) is 6.06. The summed E-state index contributed by atoms with van der Waals surface area (Å²) < 4.78 is 36.0. The molecular weight excluding hydrogens is 398 g/mol. The SMILES string of the molecule is CCCCCCc1ccc[n+](CCOC2C3CC4CC(C3)CC2C4)c1.CS(=O)(=O)[O-]. The molecule has 4 aliphatic carbocycles. The first-order valence-corrected chi connectivity index (χ1v) is 13.6. The molecule has 1 aromatic rings. The Morgan fingerprint density at radius 1 is 1.07 bits per heavy atom. The summed E-state index contributed by atoms with van der Waals surface area (Å²) in [5, 5.41) is 0. The first-order chi connectivity index (χ1) is 14.3. The van der Waals surface area contributed by atoms with Gasteiger partial charge in [0.25, 0.3) is 0 Å². The highest BCUT2D eigenvalue weighted by Crippen LogP contribution is 2.54. The molecule has 0 unspecified atom stereocenters. The Morgan fingerprint density at radius 3 is 2.30 bits per heavy atom. The van der Waals surface area contributed by atoms with Gasteiger partial charge >= 0.3 is 0 Å². The van der Waals surface area contributed by atoms with Crippen LogP contribution in [0.2, 0.25) is 0 Å². The Hall–Kier alpha value is -0.980. The Bertz CT molecular complexity index is 728. The monoisotopic (exact) mass is 437 g/mol. The third kappa shape index (κ3) is 7.61. The Morgan fingerprint density at radius 2 is 1.70 bits per heavy atom. The van der Waals surface area contributed by atoms with Crippen LogP contribution in [0, 0.1) is 23.7 Å². The zero-order valence-corrected chi connectivity index (χ0v) is 19.5. The van der Waals surface area contributed by atoms with Crippen molar-refractivity contribution in [2.75, 3.05) is 12.9 Å². The van der Waals surface area contributed by atoms with E-state index in [1.54, 1.807) is 0 Å². The van der Waals surface area contributed by atoms with Crippen molar-refractivity contribution in [1.82, 2.24) is 0 Å². The van der Waals surface area contributed by atoms with E-state index in [9.17, 15) is 0 Å². The van der Waals surface area contributed by atoms with Crippen molar-refractivity contribution in [3.05, 3.63) is 30.1 Å². The molecule has 0 aliphatic heterocycles. The van der Waals surface area contributed by atoms with Crippen molar-refractivity contribution in [2.24, 2.45) is 23.7 Å². The fourth-order valence-corrected chi connectivity index (χ4v) is 6.06. The molecule has 0 radical (unpaired) electrons. The number of aryl methyl sites for hydroxylation is 1. The summed E-state index contributed by atoms with van der Waals surface area (Å²) in [6.45, 7) is 4.17. The zero-order valence-electron chi connectivity index (χ0n) is 18.7. The number of unbranched alkanes of at least 4 members (excludes halogenated alkanes) is 3. The van der Waals surface area contributed by atoms with Crippen LogP contribution in [-0.4, -0.2) is 31.9 Å². The second-order valence-electron chi connectivity index (χ2n) is 9.73. The van der Waals surface area contributed by atoms with E-state index in [1.165, 1.54) is 69.8 Å². The molecular formula is C24H39NO4S. The minimum Gasteiger partial charge on any atom is -0.748 e. The smallest absolute Gasteiger partial charge is 0.172 e. The van der Waals surface area contributed by atoms with Crippen LogP contribution in [0.3, 0.4) is 0 Å². The van der Waals surface area contributed by atoms with Gasteiger partial charge < -0.3 is 9.29 Å². The van der Waals surface area contributed by atoms with Crippen LogP contribution in [-0.2, 0) is 27.8 Å². The predicted molar refractivity (Wildman–Crippen MR) is 117 cm³/mol. The highest BCUT2D eigenvalue weighted by Gasteiger charge is 2.48. The van der Waals surface area contributed by atoms with Gasteiger partial charge in [0.2, 0.25) is 0 Å². The van der Waals surface area contributed by atoms with Gasteiger partial charge in [0.1, 0.15) is 6.61 Å². The van der Waals surface area contributed by atoms with Gasteiger partial charge in [-0.2, -0.15) is 0 Å². The Labute approximate surface area is 183 Å². The maximum atomic E-state index is 9.08. The number of aromatic nitrogens is 1. The molecule has 0 saturated heterocycles. The molecule has 0 atom stereocenters. The molecule has 4 saturated carbocycles. The van der Waals surface area contributed by atoms with Gasteiger partial charge in [0.05, 0.1) is 16.2 Å². The molecule has 0 amide bonds. The Balaban J connectivity index is 0.000000461. The first kappa shape index (κ1) is 23.7. The summed E-state index contributed by atoms with van der Waals surface area (Å²) in [6, 6.07) is 4.49. The van der Waals surface area contributed by atoms with Crippen LogP contribution in [0.4, 0.5) is 0 Å². The van der Waals surface area contributed by atoms with Crippen LogP contribution >= 0.6 is 0 Å². The maximum absolute atomic E-state index is 9.08.